The fourth-order valence-corrected chi connectivity index (χ4v) is 3.49. The van der Waals surface area contributed by atoms with E-state index in [1.807, 2.05) is 70.9 Å². The highest BCUT2D eigenvalue weighted by atomic mass is 35.5. The largest absolute Gasteiger partial charge is 0.497 e. The van der Waals surface area contributed by atoms with E-state index in [1.165, 1.54) is 6.08 Å². The van der Waals surface area contributed by atoms with E-state index in [1.54, 1.807) is 19.4 Å². The summed E-state index contributed by atoms with van der Waals surface area (Å²) in [6.45, 7) is 0. The van der Waals surface area contributed by atoms with Crippen LogP contribution < -0.4 is 10.1 Å². The number of nitrogens with one attached hydrogen (secondary N) is 1. The molecule has 1 N–H and O–H groups in total. The number of aryl methyl sites for hydroxylation is 1. The second-order valence-electron chi connectivity index (χ2n) is 6.66. The first-order valence-corrected chi connectivity index (χ1v) is 9.67. The van der Waals surface area contributed by atoms with Crippen molar-refractivity contribution in [3.8, 4) is 5.75 Å². The minimum atomic E-state index is -0.449. The molecular formula is C22H20ClN5O2. The zero-order valence-electron chi connectivity index (χ0n) is 16.5. The number of pyridine rings is 1. The van der Waals surface area contributed by atoms with Crippen molar-refractivity contribution in [3.63, 3.8) is 0 Å². The Kier molecular flexibility index (Phi) is 5.54. The fourth-order valence-electron chi connectivity index (χ4n) is 3.25. The van der Waals surface area contributed by atoms with Gasteiger partial charge in [0, 0.05) is 31.7 Å². The van der Waals surface area contributed by atoms with Gasteiger partial charge in [-0.05, 0) is 35.9 Å². The highest BCUT2D eigenvalue weighted by Gasteiger charge is 2.20. The summed E-state index contributed by atoms with van der Waals surface area (Å²) in [5.41, 5.74) is 2.21. The molecule has 30 heavy (non-hydrogen) atoms. The lowest BCUT2D eigenvalue weighted by Gasteiger charge is -2.19. The van der Waals surface area contributed by atoms with E-state index in [0.717, 1.165) is 5.56 Å². The zero-order chi connectivity index (χ0) is 21.1. The van der Waals surface area contributed by atoms with E-state index < -0.39 is 6.04 Å². The molecule has 0 saturated heterocycles. The van der Waals surface area contributed by atoms with Crippen molar-refractivity contribution in [2.24, 2.45) is 7.05 Å². The van der Waals surface area contributed by atoms with E-state index in [0.29, 0.717) is 28.1 Å². The Balaban J connectivity index is 1.62. The third-order valence-corrected chi connectivity index (χ3v) is 5.02. The van der Waals surface area contributed by atoms with Crippen molar-refractivity contribution in [1.29, 1.82) is 0 Å². The molecule has 0 saturated carbocycles. The van der Waals surface area contributed by atoms with E-state index in [-0.39, 0.29) is 5.91 Å². The van der Waals surface area contributed by atoms with Gasteiger partial charge in [0.05, 0.1) is 12.8 Å². The van der Waals surface area contributed by atoms with Gasteiger partial charge in [0.2, 0.25) is 5.91 Å². The number of methoxy groups -OCH3 is 1. The second kappa shape index (κ2) is 8.42. The number of carbonyl (C=O) groups excluding carboxylic acids is 1. The normalized spacial score (nSPS) is 12.4. The van der Waals surface area contributed by atoms with Gasteiger partial charge >= 0.3 is 0 Å². The van der Waals surface area contributed by atoms with Crippen molar-refractivity contribution in [2.75, 3.05) is 7.11 Å². The molecule has 4 rings (SSSR count). The predicted octanol–water partition coefficient (Wildman–Crippen LogP) is 3.65. The van der Waals surface area contributed by atoms with Crippen molar-refractivity contribution < 1.29 is 9.53 Å². The Morgan fingerprint density at radius 1 is 1.23 bits per heavy atom. The van der Waals surface area contributed by atoms with Gasteiger partial charge in [-0.3, -0.25) is 9.20 Å². The Morgan fingerprint density at radius 3 is 2.87 bits per heavy atom. The summed E-state index contributed by atoms with van der Waals surface area (Å²) >= 11 is 6.25. The first kappa shape index (κ1) is 19.7. The molecule has 0 aliphatic rings. The minimum Gasteiger partial charge on any atom is -0.497 e. The molecule has 152 valence electrons. The van der Waals surface area contributed by atoms with Crippen LogP contribution in [0.2, 0.25) is 5.15 Å². The number of benzene rings is 1. The van der Waals surface area contributed by atoms with E-state index in [9.17, 15) is 4.79 Å². The van der Waals surface area contributed by atoms with Crippen LogP contribution in [0.1, 0.15) is 23.1 Å². The predicted molar refractivity (Wildman–Crippen MR) is 115 cm³/mol. The maximum atomic E-state index is 12.8. The number of fused-ring (bicyclic) bond motifs is 1. The molecule has 0 aliphatic heterocycles. The quantitative estimate of drug-likeness (QED) is 0.482. The third kappa shape index (κ3) is 3.92. The summed E-state index contributed by atoms with van der Waals surface area (Å²) in [6.07, 6.45) is 8.47. The molecule has 0 fully saturated rings. The van der Waals surface area contributed by atoms with E-state index >= 15 is 0 Å². The Hall–Kier alpha value is -3.58. The van der Waals surface area contributed by atoms with Crippen LogP contribution in [0.3, 0.4) is 0 Å². The molecule has 0 spiro atoms. The lowest BCUT2D eigenvalue weighted by molar-refractivity contribution is -0.117. The van der Waals surface area contributed by atoms with Crippen LogP contribution in [0.15, 0.2) is 67.1 Å². The van der Waals surface area contributed by atoms with Crippen LogP contribution in [0.25, 0.3) is 11.7 Å². The van der Waals surface area contributed by atoms with Gasteiger partial charge in [-0.2, -0.15) is 0 Å². The topological polar surface area (TPSA) is 73.4 Å². The number of imidazole rings is 2. The number of hydrogen-bond donors (Lipinski definition) is 1. The number of rotatable bonds is 6. The summed E-state index contributed by atoms with van der Waals surface area (Å²) in [5, 5.41) is 3.35. The number of aromatic nitrogens is 4. The molecule has 1 atom stereocenters. The third-order valence-electron chi connectivity index (χ3n) is 4.74. The summed E-state index contributed by atoms with van der Waals surface area (Å²) in [4.78, 5) is 21.5. The zero-order valence-corrected chi connectivity index (χ0v) is 17.2. The lowest BCUT2D eigenvalue weighted by Crippen LogP contribution is -2.29. The van der Waals surface area contributed by atoms with Crippen molar-refractivity contribution in [3.05, 3.63) is 89.4 Å². The first-order valence-electron chi connectivity index (χ1n) is 9.29. The lowest BCUT2D eigenvalue weighted by atomic mass is 10.1. The molecule has 3 heterocycles. The molecule has 8 heteroatoms. The standard InChI is InChI=1S/C22H20ClN5O2/c1-27-13-11-24-22(27)20(15-6-5-7-16(14-15)30-2)26-19(29)10-9-17-21(23)25-18-8-3-4-12-28(17)18/h3-14,20H,1-2H3,(H,26,29)/b10-9+. The smallest absolute Gasteiger partial charge is 0.244 e. The number of ether oxygens (including phenoxy) is 1. The van der Waals surface area contributed by atoms with Gasteiger partial charge in [0.1, 0.15) is 23.3 Å². The first-order chi connectivity index (χ1) is 14.6. The molecule has 1 unspecified atom stereocenters. The number of amides is 1. The molecule has 0 aliphatic carbocycles. The Morgan fingerprint density at radius 2 is 2.10 bits per heavy atom. The maximum Gasteiger partial charge on any atom is 0.244 e. The Bertz CT molecular complexity index is 1230. The van der Waals surface area contributed by atoms with E-state index in [4.69, 9.17) is 16.3 Å². The van der Waals surface area contributed by atoms with Crippen molar-refractivity contribution in [2.45, 2.75) is 6.04 Å². The number of halogens is 1. The molecule has 1 aromatic carbocycles. The molecule has 1 amide bonds. The van der Waals surface area contributed by atoms with Gasteiger partial charge in [-0.1, -0.05) is 29.8 Å². The SMILES string of the molecule is COc1cccc(C(NC(=O)/C=C/c2c(Cl)nc3ccccn23)c2nccn2C)c1. The van der Waals surface area contributed by atoms with Gasteiger partial charge in [0.15, 0.2) is 5.15 Å². The summed E-state index contributed by atoms with van der Waals surface area (Å²) < 4.78 is 9.02. The van der Waals surface area contributed by atoms with Gasteiger partial charge in [-0.25, -0.2) is 9.97 Å². The maximum absolute atomic E-state index is 12.8. The minimum absolute atomic E-state index is 0.284. The fraction of sp³-hybridized carbons (Fsp3) is 0.136. The van der Waals surface area contributed by atoms with Crippen LogP contribution >= 0.6 is 11.6 Å². The number of nitrogens with zero attached hydrogens (tertiary/aromatic N) is 4. The van der Waals surface area contributed by atoms with Gasteiger partial charge < -0.3 is 14.6 Å². The molecule has 3 aromatic heterocycles. The molecule has 4 aromatic rings. The monoisotopic (exact) mass is 421 g/mol. The number of hydrogen-bond acceptors (Lipinski definition) is 4. The van der Waals surface area contributed by atoms with Gasteiger partial charge in [0.25, 0.3) is 0 Å². The van der Waals surface area contributed by atoms with Gasteiger partial charge in [-0.15, -0.1) is 0 Å². The van der Waals surface area contributed by atoms with Crippen LogP contribution in [0.5, 0.6) is 5.75 Å². The van der Waals surface area contributed by atoms with Crippen LogP contribution in [-0.2, 0) is 11.8 Å². The number of carbonyl (C=O) groups is 1. The molecule has 0 bridgehead atoms. The highest BCUT2D eigenvalue weighted by Crippen LogP contribution is 2.24. The highest BCUT2D eigenvalue weighted by molar-refractivity contribution is 6.31. The van der Waals surface area contributed by atoms with Crippen molar-refractivity contribution in [1.82, 2.24) is 24.3 Å². The molecule has 7 nitrogen and oxygen atoms in total. The average Bonchev–Trinajstić information content (AvgIpc) is 3.32. The second-order valence-corrected chi connectivity index (χ2v) is 7.02. The summed E-state index contributed by atoms with van der Waals surface area (Å²) in [7, 11) is 3.49. The van der Waals surface area contributed by atoms with Crippen molar-refractivity contribution >= 4 is 29.2 Å². The Labute approximate surface area is 178 Å². The molecule has 0 radical (unpaired) electrons. The summed E-state index contributed by atoms with van der Waals surface area (Å²) in [6, 6.07) is 12.7. The summed E-state index contributed by atoms with van der Waals surface area (Å²) in [5.74, 6) is 1.12. The average molecular weight is 422 g/mol. The van der Waals surface area contributed by atoms with Crippen LogP contribution in [0, 0.1) is 0 Å². The molecular weight excluding hydrogens is 402 g/mol. The van der Waals surface area contributed by atoms with Crippen LogP contribution in [-0.4, -0.2) is 32.0 Å². The van der Waals surface area contributed by atoms with E-state index in [2.05, 4.69) is 15.3 Å². The van der Waals surface area contributed by atoms with Crippen LogP contribution in [0.4, 0.5) is 0 Å².